The van der Waals surface area contributed by atoms with E-state index in [1.807, 2.05) is 0 Å². The second-order valence-electron chi connectivity index (χ2n) is 3.65. The van der Waals surface area contributed by atoms with E-state index in [1.165, 1.54) is 5.06 Å². The smallest absolute Gasteiger partial charge is 0.313 e. The third-order valence-corrected chi connectivity index (χ3v) is 2.45. The van der Waals surface area contributed by atoms with Crippen LogP contribution in [0.25, 0.3) is 0 Å². The van der Waals surface area contributed by atoms with Crippen LogP contribution in [0.5, 0.6) is 0 Å². The highest BCUT2D eigenvalue weighted by molar-refractivity contribution is 6.00. The monoisotopic (exact) mass is 244 g/mol. The van der Waals surface area contributed by atoms with Crippen LogP contribution in [0.2, 0.25) is 0 Å². The topological polar surface area (TPSA) is 109 Å². The van der Waals surface area contributed by atoms with Gasteiger partial charge in [-0.05, 0) is 6.92 Å². The fourth-order valence-electron chi connectivity index (χ4n) is 1.55. The maximum atomic E-state index is 10.9. The summed E-state index contributed by atoms with van der Waals surface area (Å²) in [5.74, 6) is -1.08. The van der Waals surface area contributed by atoms with Crippen LogP contribution in [0.3, 0.4) is 0 Å². The molecule has 8 heteroatoms. The van der Waals surface area contributed by atoms with Crippen LogP contribution in [0, 0.1) is 5.92 Å². The molecule has 2 aliphatic heterocycles. The van der Waals surface area contributed by atoms with E-state index in [9.17, 15) is 4.79 Å². The average molecular weight is 244 g/mol. The van der Waals surface area contributed by atoms with Crippen LogP contribution in [0.15, 0.2) is 9.98 Å². The Kier molecular flexibility index (Phi) is 4.41. The lowest BCUT2D eigenvalue weighted by molar-refractivity contribution is -0.243. The molecule has 3 N–H and O–H groups in total. The van der Waals surface area contributed by atoms with E-state index in [1.54, 1.807) is 18.3 Å². The summed E-state index contributed by atoms with van der Waals surface area (Å²) in [5, 5.41) is 12.0. The molecule has 0 radical (unpaired) electrons. The summed E-state index contributed by atoms with van der Waals surface area (Å²) in [7, 11) is 0. The molecular formula is C9H16N4O4. The summed E-state index contributed by atoms with van der Waals surface area (Å²) in [5.41, 5.74) is 0. The molecular weight excluding hydrogens is 228 g/mol. The summed E-state index contributed by atoms with van der Waals surface area (Å²) in [6, 6.07) is 0. The largest absolute Gasteiger partial charge is 0.481 e. The van der Waals surface area contributed by atoms with E-state index in [-0.39, 0.29) is 5.48 Å². The van der Waals surface area contributed by atoms with E-state index < -0.39 is 11.9 Å². The van der Waals surface area contributed by atoms with Crippen molar-refractivity contribution in [1.82, 2.24) is 10.1 Å². The highest BCUT2D eigenvalue weighted by atomic mass is 16.8. The summed E-state index contributed by atoms with van der Waals surface area (Å²) < 4.78 is 0. The maximum absolute atomic E-state index is 10.9. The Labute approximate surface area is 98.4 Å². The molecule has 2 heterocycles. The number of hydrogen-bond donors (Lipinski definition) is 1. The second kappa shape index (κ2) is 5.60. The minimum atomic E-state index is -0.899. The van der Waals surface area contributed by atoms with Crippen molar-refractivity contribution in [2.24, 2.45) is 15.9 Å². The molecule has 2 aliphatic rings. The molecule has 0 bridgehead atoms. The highest BCUT2D eigenvalue weighted by Crippen LogP contribution is 2.13. The van der Waals surface area contributed by atoms with Gasteiger partial charge in [-0.1, -0.05) is 0 Å². The van der Waals surface area contributed by atoms with Crippen LogP contribution < -0.4 is 0 Å². The van der Waals surface area contributed by atoms with E-state index in [0.717, 1.165) is 0 Å². The van der Waals surface area contributed by atoms with Crippen LogP contribution in [0.1, 0.15) is 6.92 Å². The van der Waals surface area contributed by atoms with Gasteiger partial charge in [0.05, 0.1) is 26.2 Å². The van der Waals surface area contributed by atoms with Gasteiger partial charge >= 0.3 is 5.97 Å². The van der Waals surface area contributed by atoms with Crippen LogP contribution in [-0.4, -0.2) is 65.0 Å². The Bertz CT molecular complexity index is 344. The standard InChI is InChI=1S/C9H14N4O3.H2O/c1-7(9(14)15)8-11-3-5-13(8)16-12-4-2-10-6-12;/h6-7H,2-5H2,1H3,(H,14,15);1H2. The Morgan fingerprint density at radius 2 is 2.29 bits per heavy atom. The maximum Gasteiger partial charge on any atom is 0.313 e. The van der Waals surface area contributed by atoms with Crippen LogP contribution in [-0.2, 0) is 9.73 Å². The van der Waals surface area contributed by atoms with Gasteiger partial charge in [0.25, 0.3) is 0 Å². The minimum absolute atomic E-state index is 0. The molecule has 0 fully saturated rings. The number of carbonyl (C=O) groups is 1. The van der Waals surface area contributed by atoms with Gasteiger partial charge in [0.15, 0.2) is 0 Å². The van der Waals surface area contributed by atoms with Gasteiger partial charge in [0.2, 0.25) is 0 Å². The SMILES string of the molecule is CC(C(=O)O)C1=NCCN1ON1C=NCC1.O. The van der Waals surface area contributed by atoms with Crippen LogP contribution >= 0.6 is 0 Å². The first-order valence-corrected chi connectivity index (χ1v) is 5.18. The molecule has 8 nitrogen and oxygen atoms in total. The van der Waals surface area contributed by atoms with Gasteiger partial charge in [-0.25, -0.2) is 10.1 Å². The Balaban J connectivity index is 0.00000144. The molecule has 1 unspecified atom stereocenters. The lowest BCUT2D eigenvalue weighted by atomic mass is 10.1. The van der Waals surface area contributed by atoms with Gasteiger partial charge in [0.1, 0.15) is 18.1 Å². The van der Waals surface area contributed by atoms with Crippen molar-refractivity contribution >= 4 is 18.1 Å². The first kappa shape index (κ1) is 13.4. The summed E-state index contributed by atoms with van der Waals surface area (Å²) >= 11 is 0. The minimum Gasteiger partial charge on any atom is -0.481 e. The molecule has 96 valence electrons. The van der Waals surface area contributed by atoms with Crippen molar-refractivity contribution in [2.75, 3.05) is 26.2 Å². The lowest BCUT2D eigenvalue weighted by Gasteiger charge is -2.25. The number of rotatable bonds is 4. The number of hydroxylamine groups is 4. The van der Waals surface area contributed by atoms with Crippen molar-refractivity contribution in [1.29, 1.82) is 0 Å². The fourth-order valence-corrected chi connectivity index (χ4v) is 1.55. The number of carboxylic acids is 1. The molecule has 0 amide bonds. The van der Waals surface area contributed by atoms with Gasteiger partial charge in [-0.3, -0.25) is 14.8 Å². The Hall–Kier alpha value is -1.67. The zero-order chi connectivity index (χ0) is 11.5. The van der Waals surface area contributed by atoms with Crippen molar-refractivity contribution in [2.45, 2.75) is 6.92 Å². The molecule has 0 aromatic carbocycles. The van der Waals surface area contributed by atoms with Crippen LogP contribution in [0.4, 0.5) is 0 Å². The predicted octanol–water partition coefficient (Wildman–Crippen LogP) is -1.21. The Morgan fingerprint density at radius 3 is 2.88 bits per heavy atom. The molecule has 0 aliphatic carbocycles. The van der Waals surface area contributed by atoms with Crippen molar-refractivity contribution < 1.29 is 20.3 Å². The first-order valence-electron chi connectivity index (χ1n) is 5.18. The summed E-state index contributed by atoms with van der Waals surface area (Å²) in [6.45, 7) is 4.14. The number of nitrogens with zero attached hydrogens (tertiary/aromatic N) is 4. The number of hydrogen-bond acceptors (Lipinski definition) is 6. The molecule has 0 aromatic heterocycles. The summed E-state index contributed by atoms with van der Waals surface area (Å²) in [6.07, 6.45) is 1.60. The molecule has 1 atom stereocenters. The molecule has 0 aromatic rings. The highest BCUT2D eigenvalue weighted by Gasteiger charge is 2.29. The number of carboxylic acid groups (broad SMARTS) is 1. The predicted molar refractivity (Wildman–Crippen MR) is 60.6 cm³/mol. The van der Waals surface area contributed by atoms with E-state index in [4.69, 9.17) is 10.0 Å². The quantitative estimate of drug-likeness (QED) is 0.667. The van der Waals surface area contributed by atoms with Gasteiger partial charge in [-0.15, -0.1) is 0 Å². The fraction of sp³-hybridized carbons (Fsp3) is 0.667. The number of aliphatic carboxylic acids is 1. The lowest BCUT2D eigenvalue weighted by Crippen LogP contribution is -2.40. The number of aliphatic imine (C=N–C) groups is 2. The van der Waals surface area contributed by atoms with E-state index in [0.29, 0.717) is 32.0 Å². The van der Waals surface area contributed by atoms with Gasteiger partial charge in [0, 0.05) is 0 Å². The molecule has 0 saturated carbocycles. The zero-order valence-electron chi connectivity index (χ0n) is 9.54. The molecule has 0 saturated heterocycles. The van der Waals surface area contributed by atoms with Crippen molar-refractivity contribution in [3.05, 3.63) is 0 Å². The average Bonchev–Trinajstić information content (AvgIpc) is 2.88. The Morgan fingerprint density at radius 1 is 1.53 bits per heavy atom. The second-order valence-corrected chi connectivity index (χ2v) is 3.65. The van der Waals surface area contributed by atoms with E-state index in [2.05, 4.69) is 9.98 Å². The van der Waals surface area contributed by atoms with Crippen molar-refractivity contribution in [3.63, 3.8) is 0 Å². The number of amidine groups is 1. The third kappa shape index (κ3) is 2.92. The first-order chi connectivity index (χ1) is 7.68. The zero-order valence-corrected chi connectivity index (χ0v) is 9.54. The molecule has 17 heavy (non-hydrogen) atoms. The normalized spacial score (nSPS) is 20.2. The van der Waals surface area contributed by atoms with Crippen molar-refractivity contribution in [3.8, 4) is 0 Å². The van der Waals surface area contributed by atoms with Gasteiger partial charge < -0.3 is 10.6 Å². The van der Waals surface area contributed by atoms with Gasteiger partial charge in [-0.2, -0.15) is 4.94 Å². The van der Waals surface area contributed by atoms with E-state index >= 15 is 0 Å². The molecule has 2 rings (SSSR count). The molecule has 0 spiro atoms. The third-order valence-electron chi connectivity index (χ3n) is 2.45. The summed E-state index contributed by atoms with van der Waals surface area (Å²) in [4.78, 5) is 24.5.